The Balaban J connectivity index is 2.09. The molecule has 0 saturated heterocycles. The third-order valence-electron chi connectivity index (χ3n) is 5.06. The molecule has 0 heterocycles. The molecule has 1 atom stereocenters. The van der Waals surface area contributed by atoms with Crippen molar-refractivity contribution in [2.24, 2.45) is 0 Å². The van der Waals surface area contributed by atoms with E-state index >= 15 is 0 Å². The number of methoxy groups -OCH3 is 1. The molecule has 1 N–H and O–H groups in total. The Hall–Kier alpha value is -3.13. The van der Waals surface area contributed by atoms with Crippen LogP contribution in [0.5, 0.6) is 0 Å². The number of nitrogens with one attached hydrogen (secondary N) is 1. The molecule has 7 nitrogen and oxygen atoms in total. The van der Waals surface area contributed by atoms with Crippen LogP contribution in [0, 0.1) is 0 Å². The van der Waals surface area contributed by atoms with Gasteiger partial charge in [0.1, 0.15) is 12.6 Å². The van der Waals surface area contributed by atoms with E-state index in [4.69, 9.17) is 4.74 Å². The lowest BCUT2D eigenvalue weighted by Gasteiger charge is -2.32. The number of benzene rings is 2. The predicted molar refractivity (Wildman–Crippen MR) is 134 cm³/mol. The third kappa shape index (κ3) is 8.67. The fraction of sp³-hybridized carbons (Fsp3) is 0.346. The maximum Gasteiger partial charge on any atom is 0.508 e. The second kappa shape index (κ2) is 14.9. The highest BCUT2D eigenvalue weighted by atomic mass is 79.9. The van der Waals surface area contributed by atoms with Crippen LogP contribution >= 0.6 is 15.9 Å². The average Bonchev–Trinajstić information content (AvgIpc) is 2.86. The van der Waals surface area contributed by atoms with Crippen molar-refractivity contribution in [2.75, 3.05) is 20.3 Å². The van der Waals surface area contributed by atoms with Gasteiger partial charge in [-0.25, -0.2) is 4.79 Å². The van der Waals surface area contributed by atoms with Crippen molar-refractivity contribution in [3.8, 4) is 0 Å². The Bertz CT molecular complexity index is 965. The van der Waals surface area contributed by atoms with Gasteiger partial charge in [-0.05, 0) is 30.0 Å². The van der Waals surface area contributed by atoms with Crippen LogP contribution in [0.15, 0.2) is 71.2 Å². The van der Waals surface area contributed by atoms with Crippen LogP contribution in [-0.2, 0) is 25.6 Å². The molecule has 182 valence electrons. The minimum Gasteiger partial charge on any atom is -0.438 e. The van der Waals surface area contributed by atoms with Gasteiger partial charge in [0.2, 0.25) is 11.8 Å². The lowest BCUT2D eigenvalue weighted by Crippen LogP contribution is -2.43. The van der Waals surface area contributed by atoms with Crippen molar-refractivity contribution in [2.45, 2.75) is 38.8 Å². The first kappa shape index (κ1) is 27.1. The van der Waals surface area contributed by atoms with E-state index in [2.05, 4.69) is 26.0 Å². The molecule has 2 amide bonds. The molecule has 0 bridgehead atoms. The van der Waals surface area contributed by atoms with Crippen LogP contribution in [-0.4, -0.2) is 43.1 Å². The van der Waals surface area contributed by atoms with Crippen LogP contribution in [0.3, 0.4) is 0 Å². The summed E-state index contributed by atoms with van der Waals surface area (Å²) in [6.07, 6.45) is 4.57. The summed E-state index contributed by atoms with van der Waals surface area (Å²) in [5.41, 5.74) is 1.69. The van der Waals surface area contributed by atoms with E-state index in [0.717, 1.165) is 15.6 Å². The topological polar surface area (TPSA) is 84.9 Å². The van der Waals surface area contributed by atoms with Crippen LogP contribution in [0.4, 0.5) is 4.79 Å². The van der Waals surface area contributed by atoms with Crippen molar-refractivity contribution < 1.29 is 23.9 Å². The van der Waals surface area contributed by atoms with Crippen LogP contribution in [0.2, 0.25) is 0 Å². The van der Waals surface area contributed by atoms with Gasteiger partial charge in [0, 0.05) is 24.0 Å². The van der Waals surface area contributed by atoms with Crippen molar-refractivity contribution in [3.05, 3.63) is 82.3 Å². The summed E-state index contributed by atoms with van der Waals surface area (Å²) in [7, 11) is 1.25. The number of nitrogens with zero attached hydrogens (tertiary/aromatic N) is 1. The Morgan fingerprint density at radius 2 is 1.76 bits per heavy atom. The van der Waals surface area contributed by atoms with Gasteiger partial charge >= 0.3 is 6.16 Å². The minimum absolute atomic E-state index is 0.103. The van der Waals surface area contributed by atoms with Gasteiger partial charge in [0.25, 0.3) is 0 Å². The zero-order valence-electron chi connectivity index (χ0n) is 19.5. The second-order valence-electron chi connectivity index (χ2n) is 7.45. The normalized spacial score (nSPS) is 11.6. The summed E-state index contributed by atoms with van der Waals surface area (Å²) < 4.78 is 9.94. The number of carbonyl (C=O) groups is 3. The van der Waals surface area contributed by atoms with Crippen molar-refractivity contribution >= 4 is 33.9 Å². The fourth-order valence-electron chi connectivity index (χ4n) is 3.34. The smallest absolute Gasteiger partial charge is 0.438 e. The Labute approximate surface area is 209 Å². The highest BCUT2D eigenvalue weighted by Crippen LogP contribution is 2.30. The summed E-state index contributed by atoms with van der Waals surface area (Å²) in [6.45, 7) is 2.71. The van der Waals surface area contributed by atoms with Gasteiger partial charge in [0.15, 0.2) is 0 Å². The number of allylic oxidation sites excluding steroid dienone is 1. The minimum atomic E-state index is -0.771. The molecular formula is C26H31BrN2O5. The van der Waals surface area contributed by atoms with Gasteiger partial charge in [0.05, 0.1) is 7.11 Å². The maximum absolute atomic E-state index is 13.4. The molecule has 0 saturated carbocycles. The maximum atomic E-state index is 13.4. The van der Waals surface area contributed by atoms with E-state index in [9.17, 15) is 14.4 Å². The molecule has 1 unspecified atom stereocenters. The van der Waals surface area contributed by atoms with E-state index in [-0.39, 0.29) is 18.4 Å². The fourth-order valence-corrected chi connectivity index (χ4v) is 3.84. The lowest BCUT2D eigenvalue weighted by atomic mass is 10.0. The molecule has 0 aliphatic heterocycles. The Kier molecular flexibility index (Phi) is 11.9. The molecule has 0 aliphatic carbocycles. The van der Waals surface area contributed by atoms with E-state index in [1.807, 2.05) is 60.7 Å². The molecular weight excluding hydrogens is 500 g/mol. The van der Waals surface area contributed by atoms with Gasteiger partial charge in [-0.15, -0.1) is 0 Å². The highest BCUT2D eigenvalue weighted by Gasteiger charge is 2.31. The van der Waals surface area contributed by atoms with Gasteiger partial charge in [-0.3, -0.25) is 9.59 Å². The van der Waals surface area contributed by atoms with E-state index < -0.39 is 12.2 Å². The SMILES string of the molecule is CCC(=O)N(Cc1ccccc1)C(C(=O)NCCC/C=C/COC(=O)OC)c1ccccc1Br. The quantitative estimate of drug-likeness (QED) is 0.232. The zero-order valence-corrected chi connectivity index (χ0v) is 21.1. The monoisotopic (exact) mass is 530 g/mol. The van der Waals surface area contributed by atoms with E-state index in [0.29, 0.717) is 32.4 Å². The number of halogens is 1. The molecule has 0 spiro atoms. The highest BCUT2D eigenvalue weighted by molar-refractivity contribution is 9.10. The molecule has 2 rings (SSSR count). The number of amides is 2. The van der Waals surface area contributed by atoms with Crippen molar-refractivity contribution in [1.82, 2.24) is 10.2 Å². The standard InChI is InChI=1S/C26H31BrN2O5/c1-3-23(30)29(19-20-13-7-6-8-14-20)24(21-15-9-10-16-22(21)27)25(31)28-17-11-4-5-12-18-34-26(32)33-2/h5-10,12-16,24H,3-4,11,17-19H2,1-2H3,(H,28,31)/b12-5+. The summed E-state index contributed by atoms with van der Waals surface area (Å²) in [6, 6.07) is 16.3. The summed E-state index contributed by atoms with van der Waals surface area (Å²) >= 11 is 3.55. The lowest BCUT2D eigenvalue weighted by molar-refractivity contribution is -0.141. The van der Waals surface area contributed by atoms with Gasteiger partial charge in [-0.2, -0.15) is 0 Å². The Morgan fingerprint density at radius 3 is 2.44 bits per heavy atom. The van der Waals surface area contributed by atoms with Gasteiger partial charge < -0.3 is 19.7 Å². The third-order valence-corrected chi connectivity index (χ3v) is 5.78. The molecule has 2 aromatic rings. The number of ether oxygens (including phenoxy) is 2. The first-order valence-corrected chi connectivity index (χ1v) is 12.0. The van der Waals surface area contributed by atoms with E-state index in [1.54, 1.807) is 17.9 Å². The van der Waals surface area contributed by atoms with Crippen molar-refractivity contribution in [3.63, 3.8) is 0 Å². The predicted octanol–water partition coefficient (Wildman–Crippen LogP) is 5.16. The summed E-state index contributed by atoms with van der Waals surface area (Å²) in [5.74, 6) is -0.337. The van der Waals surface area contributed by atoms with Crippen LogP contribution < -0.4 is 5.32 Å². The zero-order chi connectivity index (χ0) is 24.8. The molecule has 34 heavy (non-hydrogen) atoms. The number of hydrogen-bond donors (Lipinski definition) is 1. The molecule has 8 heteroatoms. The number of hydrogen-bond acceptors (Lipinski definition) is 5. The van der Waals surface area contributed by atoms with Gasteiger partial charge in [-0.1, -0.05) is 83.5 Å². The number of carbonyl (C=O) groups excluding carboxylic acids is 3. The summed E-state index contributed by atoms with van der Waals surface area (Å²) in [5, 5.41) is 2.98. The average molecular weight is 531 g/mol. The van der Waals surface area contributed by atoms with Crippen LogP contribution in [0.1, 0.15) is 43.4 Å². The summed E-state index contributed by atoms with van der Waals surface area (Å²) in [4.78, 5) is 38.9. The first-order chi connectivity index (χ1) is 16.5. The molecule has 0 aromatic heterocycles. The van der Waals surface area contributed by atoms with Crippen LogP contribution in [0.25, 0.3) is 0 Å². The second-order valence-corrected chi connectivity index (χ2v) is 8.31. The Morgan fingerprint density at radius 1 is 1.06 bits per heavy atom. The molecule has 0 aliphatic rings. The molecule has 0 radical (unpaired) electrons. The molecule has 2 aromatic carbocycles. The molecule has 0 fully saturated rings. The number of rotatable bonds is 12. The largest absolute Gasteiger partial charge is 0.508 e. The number of unbranched alkanes of at least 4 members (excludes halogenated alkanes) is 1. The first-order valence-electron chi connectivity index (χ1n) is 11.2. The van der Waals surface area contributed by atoms with E-state index in [1.165, 1.54) is 7.11 Å². The van der Waals surface area contributed by atoms with Crippen molar-refractivity contribution in [1.29, 1.82) is 0 Å².